The van der Waals surface area contributed by atoms with Gasteiger partial charge in [-0.2, -0.15) is 0 Å². The molecule has 0 atom stereocenters. The van der Waals surface area contributed by atoms with E-state index in [0.29, 0.717) is 0 Å². The van der Waals surface area contributed by atoms with Gasteiger partial charge in [-0.15, -0.1) is 0 Å². The second-order valence-corrected chi connectivity index (χ2v) is 0. The van der Waals surface area contributed by atoms with Crippen molar-refractivity contribution in [3.05, 3.63) is 12.3 Å². The first-order valence-corrected chi connectivity index (χ1v) is 0. The van der Waals surface area contributed by atoms with E-state index in [0.717, 1.165) is 0 Å². The molecular formula is H12N2Ni3Si3. The SMILES string of the molecule is [N-3].[N-3].[Ni+2].[Ni+2].[Ni+2].[SiH4].[SiH4].[SiH4]. The standard InChI is InChI=1S/2N.3Ni.3H4Si/h;;;;;3*1H4/q2*-3;3*+2;;;. The molecular weight excluding hydrogens is 288 g/mol. The van der Waals surface area contributed by atoms with Gasteiger partial charge < -0.3 is 12.3 Å². The van der Waals surface area contributed by atoms with Crippen LogP contribution < -0.4 is 0 Å². The maximum absolute atomic E-state index is 0. The van der Waals surface area contributed by atoms with E-state index in [1.54, 1.807) is 0 Å². The zero-order valence-corrected chi connectivity index (χ0v) is 4.81. The fourth-order valence-corrected chi connectivity index (χ4v) is 0. The van der Waals surface area contributed by atoms with Crippen molar-refractivity contribution in [1.82, 2.24) is 0 Å². The molecule has 0 N–H and O–H groups in total. The predicted molar refractivity (Wildman–Crippen MR) is 40.7 cm³/mol. The minimum atomic E-state index is 0. The Hall–Kier alpha value is 2.05. The van der Waals surface area contributed by atoms with Crippen LogP contribution >= 0.6 is 0 Å². The molecule has 0 aromatic rings. The van der Waals surface area contributed by atoms with Gasteiger partial charge in [0.2, 0.25) is 0 Å². The molecule has 0 amide bonds. The fourth-order valence-electron chi connectivity index (χ4n) is 0. The van der Waals surface area contributed by atoms with Crippen LogP contribution in [0.5, 0.6) is 0 Å². The molecule has 0 aromatic heterocycles. The Balaban J connectivity index is 0. The van der Waals surface area contributed by atoms with E-state index in [4.69, 9.17) is 0 Å². The summed E-state index contributed by atoms with van der Waals surface area (Å²) in [7, 11) is 0. The van der Waals surface area contributed by atoms with Gasteiger partial charge in [-0.1, -0.05) is 0 Å². The zero-order chi connectivity index (χ0) is 0. The Labute approximate surface area is 94.1 Å². The average Bonchev–Trinajstić information content (AvgIpc) is 0. The van der Waals surface area contributed by atoms with Crippen LogP contribution in [-0.4, -0.2) is 32.9 Å². The Morgan fingerprint density at radius 1 is 0.375 bits per heavy atom. The summed E-state index contributed by atoms with van der Waals surface area (Å²) in [6, 6.07) is 0. The van der Waals surface area contributed by atoms with Crippen molar-refractivity contribution in [1.29, 1.82) is 0 Å². The van der Waals surface area contributed by atoms with Crippen LogP contribution in [0.4, 0.5) is 0 Å². The largest absolute Gasteiger partial charge is 3.00 e. The van der Waals surface area contributed by atoms with Gasteiger partial charge in [0.25, 0.3) is 0 Å². The summed E-state index contributed by atoms with van der Waals surface area (Å²) >= 11 is 0. The van der Waals surface area contributed by atoms with Crippen molar-refractivity contribution in [3.63, 3.8) is 0 Å². The molecule has 0 fully saturated rings. The summed E-state index contributed by atoms with van der Waals surface area (Å²) < 4.78 is 0. The molecule has 0 saturated carbocycles. The van der Waals surface area contributed by atoms with E-state index in [1.807, 2.05) is 0 Å². The normalized spacial score (nSPS) is 0. The van der Waals surface area contributed by atoms with Gasteiger partial charge >= 0.3 is 49.5 Å². The van der Waals surface area contributed by atoms with Gasteiger partial charge in [-0.05, 0) is 32.9 Å². The van der Waals surface area contributed by atoms with E-state index < -0.39 is 0 Å². The predicted octanol–water partition coefficient (Wildman–Crippen LogP) is -3.78. The Kier molecular flexibility index (Phi) is 3410. The van der Waals surface area contributed by atoms with Crippen molar-refractivity contribution in [3.8, 4) is 0 Å². The van der Waals surface area contributed by atoms with Gasteiger partial charge in [-0.25, -0.2) is 0 Å². The van der Waals surface area contributed by atoms with Crippen molar-refractivity contribution in [2.24, 2.45) is 0 Å². The monoisotopic (exact) mass is 298 g/mol. The second kappa shape index (κ2) is 139. The van der Waals surface area contributed by atoms with Crippen molar-refractivity contribution in [2.45, 2.75) is 0 Å². The Morgan fingerprint density at radius 2 is 0.375 bits per heavy atom. The van der Waals surface area contributed by atoms with Gasteiger partial charge in [0.1, 0.15) is 0 Å². The topological polar surface area (TPSA) is 61.0 Å². The molecule has 64 valence electrons. The minimum Gasteiger partial charge on any atom is -3.00 e. The van der Waals surface area contributed by atoms with Crippen LogP contribution in [0.2, 0.25) is 0 Å². The van der Waals surface area contributed by atoms with E-state index in [1.165, 1.54) is 0 Å². The summed E-state index contributed by atoms with van der Waals surface area (Å²) in [6.45, 7) is 0. The summed E-state index contributed by atoms with van der Waals surface area (Å²) in [4.78, 5) is 0. The van der Waals surface area contributed by atoms with Crippen LogP contribution in [0.1, 0.15) is 0 Å². The molecule has 0 spiro atoms. The molecule has 0 bridgehead atoms. The first-order chi connectivity index (χ1) is 0. The van der Waals surface area contributed by atoms with Gasteiger partial charge in [0, 0.05) is 0 Å². The summed E-state index contributed by atoms with van der Waals surface area (Å²) in [6.07, 6.45) is 0. The minimum absolute atomic E-state index is 0. The third kappa shape index (κ3) is 95.1. The quantitative estimate of drug-likeness (QED) is 0.412. The fraction of sp³-hybridized carbons (Fsp3) is 0. The zero-order valence-electron chi connectivity index (χ0n) is 1.84. The van der Waals surface area contributed by atoms with Crippen LogP contribution in [0, 0.1) is 0 Å². The molecule has 0 heterocycles. The Morgan fingerprint density at radius 3 is 0.375 bits per heavy atom. The molecule has 0 radical (unpaired) electrons. The average molecular weight is 300 g/mol. The van der Waals surface area contributed by atoms with Crippen LogP contribution in [0.25, 0.3) is 12.3 Å². The number of rotatable bonds is 0. The summed E-state index contributed by atoms with van der Waals surface area (Å²) in [5, 5.41) is 0. The third-order valence-electron chi connectivity index (χ3n) is 0. The van der Waals surface area contributed by atoms with Gasteiger partial charge in [0.15, 0.2) is 0 Å². The molecule has 8 heteroatoms. The molecule has 8 heavy (non-hydrogen) atoms. The summed E-state index contributed by atoms with van der Waals surface area (Å²) in [5.74, 6) is 0. The number of nitrogens with zero attached hydrogens (tertiary/aromatic N) is 2. The van der Waals surface area contributed by atoms with Crippen LogP contribution in [0.15, 0.2) is 0 Å². The van der Waals surface area contributed by atoms with Crippen molar-refractivity contribution >= 4 is 32.9 Å². The number of hydrogen-bond donors (Lipinski definition) is 0. The van der Waals surface area contributed by atoms with Crippen molar-refractivity contribution < 1.29 is 49.5 Å². The third-order valence-corrected chi connectivity index (χ3v) is 0. The maximum atomic E-state index is 0. The van der Waals surface area contributed by atoms with E-state index in [9.17, 15) is 0 Å². The molecule has 0 rings (SSSR count). The first kappa shape index (κ1) is 196. The maximum Gasteiger partial charge on any atom is 2.00 e. The first-order valence-electron chi connectivity index (χ1n) is 0. The van der Waals surface area contributed by atoms with E-state index in [2.05, 4.69) is 0 Å². The van der Waals surface area contributed by atoms with Crippen LogP contribution in [0.3, 0.4) is 0 Å². The second-order valence-electron chi connectivity index (χ2n) is 0. The Bertz CT molecular complexity index is 12.5. The summed E-state index contributed by atoms with van der Waals surface area (Å²) in [5.41, 5.74) is 0. The molecule has 0 aliphatic heterocycles. The molecule has 0 saturated heterocycles. The smallest absolute Gasteiger partial charge is 2.00 e. The van der Waals surface area contributed by atoms with E-state index >= 15 is 0 Å². The molecule has 2 nitrogen and oxygen atoms in total. The molecule has 0 aliphatic rings. The van der Waals surface area contributed by atoms with E-state index in [-0.39, 0.29) is 94.7 Å². The van der Waals surface area contributed by atoms with Crippen LogP contribution in [-0.2, 0) is 49.5 Å². The molecule has 0 unspecified atom stereocenters. The number of hydrogen-bond acceptors (Lipinski definition) is 0. The van der Waals surface area contributed by atoms with Crippen molar-refractivity contribution in [2.75, 3.05) is 0 Å². The molecule has 0 aromatic carbocycles. The van der Waals surface area contributed by atoms with Gasteiger partial charge in [0.05, 0.1) is 0 Å². The van der Waals surface area contributed by atoms with Gasteiger partial charge in [-0.3, -0.25) is 0 Å². The molecule has 0 aliphatic carbocycles.